The van der Waals surface area contributed by atoms with E-state index in [4.69, 9.17) is 33.3 Å². The zero-order valence-corrected chi connectivity index (χ0v) is 34.6. The Kier molecular flexibility index (Phi) is 12.5. The second-order valence-electron chi connectivity index (χ2n) is 14.6. The van der Waals surface area contributed by atoms with Gasteiger partial charge in [-0.15, -0.1) is 0 Å². The van der Waals surface area contributed by atoms with Crippen LogP contribution in [0.25, 0.3) is 22.2 Å². The highest BCUT2D eigenvalue weighted by molar-refractivity contribution is 7.47. The predicted octanol–water partition coefficient (Wildman–Crippen LogP) is 2.09. The summed E-state index contributed by atoms with van der Waals surface area (Å²) in [7, 11) is -10.7. The first-order valence-electron chi connectivity index (χ1n) is 19.1. The topological polar surface area (TPSA) is 277 Å². The van der Waals surface area contributed by atoms with E-state index < -0.39 is 101 Å². The van der Waals surface area contributed by atoms with Crippen molar-refractivity contribution in [1.82, 2.24) is 43.9 Å². The van der Waals surface area contributed by atoms with Gasteiger partial charge in [0.2, 0.25) is 5.72 Å². The van der Waals surface area contributed by atoms with Crippen LogP contribution in [0.5, 0.6) is 0 Å². The van der Waals surface area contributed by atoms with E-state index in [9.17, 15) is 28.8 Å². The maximum absolute atomic E-state index is 16.2. The maximum atomic E-state index is 16.2. The SMILES string of the molecule is CCN(CC)C(C)CCN(CC)C(C)c1nc2c(c(F)cn2[C@]23CO[C@H](COP(=O)(O)O[C@@H]4C(COP(=O)(O)O2)O[C@@H](n2cnc5c(N)ncnc52)[C@@H]4F)[C@H]3O)c(=O)[nH]1. The third-order valence-corrected chi connectivity index (χ3v) is 13.2. The normalized spacial score (nSPS) is 32.9. The van der Waals surface area contributed by atoms with Gasteiger partial charge in [0.1, 0.15) is 47.5 Å². The third kappa shape index (κ3) is 8.23. The molecule has 3 aliphatic rings. The number of nitrogen functional groups attached to an aromatic ring is 1. The van der Waals surface area contributed by atoms with Crippen molar-refractivity contribution >= 4 is 43.7 Å². The monoisotopic (exact) mass is 876 g/mol. The first-order chi connectivity index (χ1) is 27.9. The second-order valence-corrected chi connectivity index (χ2v) is 17.4. The van der Waals surface area contributed by atoms with Crippen LogP contribution < -0.4 is 11.3 Å². The number of aliphatic hydroxyl groups excluding tert-OH is 1. The van der Waals surface area contributed by atoms with Crippen LogP contribution in [0.15, 0.2) is 23.6 Å². The number of ether oxygens (including phenoxy) is 2. The number of nitrogens with one attached hydrogen (secondary N) is 1. The molecule has 3 aliphatic heterocycles. The van der Waals surface area contributed by atoms with Gasteiger partial charge >= 0.3 is 15.6 Å². The van der Waals surface area contributed by atoms with Crippen LogP contribution >= 0.6 is 15.6 Å². The van der Waals surface area contributed by atoms with E-state index in [0.29, 0.717) is 13.1 Å². The van der Waals surface area contributed by atoms with Crippen LogP contribution in [0.2, 0.25) is 0 Å². The number of aromatic amines is 1. The minimum absolute atomic E-state index is 0.0243. The first-order valence-corrected chi connectivity index (χ1v) is 22.1. The molecule has 3 fully saturated rings. The van der Waals surface area contributed by atoms with Gasteiger partial charge in [-0.3, -0.25) is 36.9 Å². The minimum atomic E-state index is -5.45. The molecular weight excluding hydrogens is 828 g/mol. The number of phosphoric acid groups is 2. The second kappa shape index (κ2) is 16.8. The molecule has 2 bridgehead atoms. The largest absolute Gasteiger partial charge is 0.474 e. The number of hydrogen-bond donors (Lipinski definition) is 5. The van der Waals surface area contributed by atoms with Gasteiger partial charge in [-0.25, -0.2) is 37.8 Å². The molecule has 4 aromatic rings. The summed E-state index contributed by atoms with van der Waals surface area (Å²) in [5.41, 5.74) is 2.17. The average molecular weight is 877 g/mol. The van der Waals surface area contributed by atoms with Crippen molar-refractivity contribution in [2.75, 3.05) is 51.7 Å². The fraction of sp³-hybridized carbons (Fsp3) is 0.667. The van der Waals surface area contributed by atoms with E-state index >= 15 is 8.78 Å². The van der Waals surface area contributed by atoms with Gasteiger partial charge in [0, 0.05) is 18.8 Å². The van der Waals surface area contributed by atoms with Gasteiger partial charge < -0.3 is 40.0 Å². The first kappa shape index (κ1) is 43.7. The van der Waals surface area contributed by atoms with Crippen molar-refractivity contribution in [3.8, 4) is 0 Å². The van der Waals surface area contributed by atoms with Gasteiger partial charge in [-0.05, 0) is 39.9 Å². The molecule has 0 aromatic carbocycles. The van der Waals surface area contributed by atoms with Crippen LogP contribution in [-0.2, 0) is 42.4 Å². The molecule has 26 heteroatoms. The van der Waals surface area contributed by atoms with E-state index in [1.54, 1.807) is 0 Å². The molecule has 59 heavy (non-hydrogen) atoms. The van der Waals surface area contributed by atoms with E-state index in [2.05, 4.69) is 55.5 Å². The Bertz CT molecular complexity index is 2320. The molecule has 0 aliphatic carbocycles. The number of anilines is 1. The van der Waals surface area contributed by atoms with Crippen molar-refractivity contribution in [2.45, 2.75) is 95.7 Å². The molecule has 3 saturated heterocycles. The van der Waals surface area contributed by atoms with Crippen molar-refractivity contribution in [3.63, 3.8) is 0 Å². The fourth-order valence-electron chi connectivity index (χ4n) is 7.92. The molecule has 0 radical (unpaired) electrons. The average Bonchev–Trinajstić information content (AvgIpc) is 3.93. The van der Waals surface area contributed by atoms with Crippen LogP contribution in [0, 0.1) is 5.82 Å². The number of H-pyrrole nitrogens is 1. The quantitative estimate of drug-likeness (QED) is 0.135. The number of hydrogen-bond acceptors (Lipinski definition) is 17. The van der Waals surface area contributed by atoms with Gasteiger partial charge in [-0.1, -0.05) is 20.8 Å². The maximum Gasteiger partial charge on any atom is 0.474 e. The van der Waals surface area contributed by atoms with Gasteiger partial charge in [0.15, 0.2) is 35.3 Å². The minimum Gasteiger partial charge on any atom is -0.385 e. The van der Waals surface area contributed by atoms with Gasteiger partial charge in [-0.2, -0.15) is 0 Å². The van der Waals surface area contributed by atoms with Crippen LogP contribution in [-0.4, -0.2) is 141 Å². The molecule has 326 valence electrons. The molecular formula is C33H48F2N10O12P2. The van der Waals surface area contributed by atoms with Gasteiger partial charge in [0.05, 0.1) is 32.2 Å². The summed E-state index contributed by atoms with van der Waals surface area (Å²) in [4.78, 5) is 59.2. The van der Waals surface area contributed by atoms with E-state index in [0.717, 1.165) is 47.5 Å². The summed E-state index contributed by atoms with van der Waals surface area (Å²) < 4.78 is 94.0. The molecule has 7 rings (SSSR count). The van der Waals surface area contributed by atoms with Crippen LogP contribution in [0.3, 0.4) is 0 Å². The summed E-state index contributed by atoms with van der Waals surface area (Å²) in [5.74, 6) is -1.02. The molecule has 6 N–H and O–H groups in total. The Hall–Kier alpha value is -3.35. The smallest absolute Gasteiger partial charge is 0.385 e. The van der Waals surface area contributed by atoms with Crippen molar-refractivity contribution in [1.29, 1.82) is 0 Å². The van der Waals surface area contributed by atoms with Crippen LogP contribution in [0.4, 0.5) is 14.6 Å². The lowest BCUT2D eigenvalue weighted by Gasteiger charge is -2.35. The highest BCUT2D eigenvalue weighted by Crippen LogP contribution is 2.56. The third-order valence-electron chi connectivity index (χ3n) is 11.2. The number of nitrogens with zero attached hydrogens (tertiary/aromatic N) is 8. The summed E-state index contributed by atoms with van der Waals surface area (Å²) in [6.07, 6.45) is -7.46. The summed E-state index contributed by atoms with van der Waals surface area (Å²) in [5, 5.41) is 11.2. The molecule has 22 nitrogen and oxygen atoms in total. The van der Waals surface area contributed by atoms with Crippen molar-refractivity contribution in [3.05, 3.63) is 40.8 Å². The van der Waals surface area contributed by atoms with Gasteiger partial charge in [0.25, 0.3) is 5.56 Å². The number of imidazole rings is 1. The molecule has 5 unspecified atom stereocenters. The lowest BCUT2D eigenvalue weighted by molar-refractivity contribution is -0.109. The number of aromatic nitrogens is 7. The highest BCUT2D eigenvalue weighted by Gasteiger charge is 2.59. The summed E-state index contributed by atoms with van der Waals surface area (Å²) in [6, 6.07) is -0.259. The Labute approximate surface area is 335 Å². The molecule has 0 amide bonds. The number of aliphatic hydroxyl groups is 1. The number of rotatable bonds is 11. The molecule has 0 spiro atoms. The number of halogens is 2. The standard InChI is InChI=1S/C33H48F2N10O12P2/c1-6-42(7-2)17(4)9-10-43(8-3)18(5)28-40-29-22(31(47)41-28)19(34)11-45(29)33-14-52-21(26(33)46)13-53-58(48,49)56-25-20(12-54-59(50,51)57-33)55-32(23(25)35)44-16-39-24-27(36)37-15-38-30(24)44/h11,15-18,20-21,23,25-26,32,46H,6-10,12-14H2,1-5H3,(H,48,49)(H,50,51)(H2,36,37,38)(H,40,41,47)/t17?,18?,20?,21-,23-,25-,26-,32-,33-/m1/s1. The molecule has 0 saturated carbocycles. The number of alkyl halides is 1. The molecule has 7 heterocycles. The fourth-order valence-corrected chi connectivity index (χ4v) is 9.92. The Morgan fingerprint density at radius 2 is 1.75 bits per heavy atom. The highest BCUT2D eigenvalue weighted by atomic mass is 31.2. The predicted molar refractivity (Wildman–Crippen MR) is 203 cm³/mol. The Balaban J connectivity index is 1.22. The number of nitrogens with two attached hydrogens (primary N) is 1. The lowest BCUT2D eigenvalue weighted by atomic mass is 10.1. The number of phosphoric ester groups is 2. The van der Waals surface area contributed by atoms with Crippen LogP contribution in [0.1, 0.15) is 59.1 Å². The zero-order chi connectivity index (χ0) is 42.6. The molecule has 4 aromatic heterocycles. The lowest BCUT2D eigenvalue weighted by Crippen LogP contribution is -2.49. The zero-order valence-electron chi connectivity index (χ0n) is 32.8. The van der Waals surface area contributed by atoms with Crippen molar-refractivity contribution in [2.24, 2.45) is 0 Å². The summed E-state index contributed by atoms with van der Waals surface area (Å²) >= 11 is 0. The molecule has 11 atom stereocenters. The summed E-state index contributed by atoms with van der Waals surface area (Å²) in [6.45, 7) is 10.2. The van der Waals surface area contributed by atoms with E-state index in [1.807, 2.05) is 13.8 Å². The Morgan fingerprint density at radius 1 is 1.05 bits per heavy atom. The van der Waals surface area contributed by atoms with E-state index in [1.165, 1.54) is 0 Å². The number of fused-ring (bicyclic) bond motifs is 5. The van der Waals surface area contributed by atoms with Crippen molar-refractivity contribution < 1.29 is 60.4 Å². The Morgan fingerprint density at radius 3 is 2.46 bits per heavy atom. The van der Waals surface area contributed by atoms with E-state index in [-0.39, 0.29) is 34.5 Å².